The topological polar surface area (TPSA) is 37.3 Å². The third-order valence-electron chi connectivity index (χ3n) is 3.63. The average Bonchev–Trinajstić information content (AvgIpc) is 2.94. The van der Waals surface area contributed by atoms with Crippen LogP contribution in [-0.4, -0.2) is 28.6 Å². The lowest BCUT2D eigenvalue weighted by molar-refractivity contribution is 0.194. The van der Waals surface area contributed by atoms with Gasteiger partial charge in [0.2, 0.25) is 0 Å². The van der Waals surface area contributed by atoms with Crippen LogP contribution >= 0.6 is 11.6 Å². The quantitative estimate of drug-likeness (QED) is 0.812. The molecule has 0 atom stereocenters. The summed E-state index contributed by atoms with van der Waals surface area (Å²) in [5, 5.41) is 3.62. The first-order chi connectivity index (χ1) is 11.1. The van der Waals surface area contributed by atoms with Crippen LogP contribution in [0, 0.1) is 0 Å². The summed E-state index contributed by atoms with van der Waals surface area (Å²) in [6.07, 6.45) is 2.98. The highest BCUT2D eigenvalue weighted by Gasteiger charge is 2.14. The van der Waals surface area contributed by atoms with Gasteiger partial charge in [-0.25, -0.2) is 4.79 Å². The van der Waals surface area contributed by atoms with Crippen LogP contribution in [0.25, 0.3) is 0 Å². The van der Waals surface area contributed by atoms with E-state index in [1.54, 1.807) is 0 Å². The summed E-state index contributed by atoms with van der Waals surface area (Å²) < 4.78 is 2.16. The zero-order valence-electron chi connectivity index (χ0n) is 13.8. The maximum atomic E-state index is 12.2. The highest BCUT2D eigenvalue weighted by atomic mass is 35.5. The molecule has 0 radical (unpaired) electrons. The number of nitrogens with zero attached hydrogens (tertiary/aromatic N) is 2. The van der Waals surface area contributed by atoms with Gasteiger partial charge in [-0.05, 0) is 43.2 Å². The molecule has 0 saturated carbocycles. The van der Waals surface area contributed by atoms with Crippen molar-refractivity contribution in [3.8, 4) is 0 Å². The number of hydrogen-bond donors (Lipinski definition) is 1. The van der Waals surface area contributed by atoms with Gasteiger partial charge in [-0.1, -0.05) is 30.7 Å². The van der Waals surface area contributed by atoms with Gasteiger partial charge >= 0.3 is 6.03 Å². The van der Waals surface area contributed by atoms with Gasteiger partial charge in [-0.15, -0.1) is 0 Å². The molecule has 0 aliphatic rings. The van der Waals surface area contributed by atoms with Crippen molar-refractivity contribution in [3.05, 3.63) is 58.9 Å². The van der Waals surface area contributed by atoms with Gasteiger partial charge in [0.1, 0.15) is 0 Å². The van der Waals surface area contributed by atoms with E-state index < -0.39 is 0 Å². The zero-order valence-corrected chi connectivity index (χ0v) is 14.5. The second-order valence-corrected chi connectivity index (χ2v) is 5.95. The van der Waals surface area contributed by atoms with Gasteiger partial charge in [0, 0.05) is 36.5 Å². The van der Waals surface area contributed by atoms with Crippen molar-refractivity contribution in [1.29, 1.82) is 0 Å². The van der Waals surface area contributed by atoms with Gasteiger partial charge < -0.3 is 14.8 Å². The van der Waals surface area contributed by atoms with Crippen LogP contribution in [0.15, 0.2) is 42.6 Å². The van der Waals surface area contributed by atoms with E-state index in [0.29, 0.717) is 13.1 Å². The molecule has 0 unspecified atom stereocenters. The van der Waals surface area contributed by atoms with E-state index >= 15 is 0 Å². The molecule has 0 aliphatic heterocycles. The Labute approximate surface area is 143 Å². The van der Waals surface area contributed by atoms with Crippen LogP contribution in [0.3, 0.4) is 0 Å². The zero-order chi connectivity index (χ0) is 16.7. The van der Waals surface area contributed by atoms with Gasteiger partial charge in [0.05, 0.1) is 6.54 Å². The maximum absolute atomic E-state index is 12.2. The minimum absolute atomic E-state index is 0.00939. The fourth-order valence-electron chi connectivity index (χ4n) is 2.56. The van der Waals surface area contributed by atoms with Gasteiger partial charge in [0.25, 0.3) is 0 Å². The molecule has 2 rings (SSSR count). The number of benzene rings is 1. The molecule has 0 fully saturated rings. The third kappa shape index (κ3) is 5.03. The molecule has 5 heteroatoms. The van der Waals surface area contributed by atoms with E-state index in [4.69, 9.17) is 11.6 Å². The summed E-state index contributed by atoms with van der Waals surface area (Å²) in [5.74, 6) is 0. The molecule has 0 spiro atoms. The molecule has 4 nitrogen and oxygen atoms in total. The number of carbonyl (C=O) groups is 1. The van der Waals surface area contributed by atoms with Gasteiger partial charge in [0.15, 0.2) is 0 Å². The molecular weight excluding hydrogens is 310 g/mol. The highest BCUT2D eigenvalue weighted by Crippen LogP contribution is 2.14. The van der Waals surface area contributed by atoms with E-state index in [0.717, 1.165) is 35.8 Å². The highest BCUT2D eigenvalue weighted by molar-refractivity contribution is 6.30. The molecule has 1 aromatic heterocycles. The molecular formula is C18H24ClN3O. The lowest BCUT2D eigenvalue weighted by Gasteiger charge is -2.23. The number of hydrogen-bond acceptors (Lipinski definition) is 1. The number of nitrogens with one attached hydrogen (secondary N) is 1. The molecule has 2 amide bonds. The van der Waals surface area contributed by atoms with E-state index in [9.17, 15) is 4.79 Å². The number of aromatic nitrogens is 1. The van der Waals surface area contributed by atoms with Crippen LogP contribution in [0.2, 0.25) is 5.02 Å². The maximum Gasteiger partial charge on any atom is 0.317 e. The number of carbonyl (C=O) groups excluding carboxylic acids is 1. The Kier molecular flexibility index (Phi) is 6.53. The standard InChI is InChI=1S/C18H24ClN3O/c1-3-10-22(18(23)20-4-2)14-17-9-6-11-21(17)13-15-7-5-8-16(19)12-15/h5-9,11-12H,3-4,10,13-14H2,1-2H3,(H,20,23). The molecule has 0 bridgehead atoms. The van der Waals surface area contributed by atoms with Crippen LogP contribution < -0.4 is 5.32 Å². The Hall–Kier alpha value is -1.94. The van der Waals surface area contributed by atoms with Crippen molar-refractivity contribution >= 4 is 17.6 Å². The van der Waals surface area contributed by atoms with E-state index in [-0.39, 0.29) is 6.03 Å². The number of rotatable bonds is 7. The van der Waals surface area contributed by atoms with Crippen molar-refractivity contribution in [2.24, 2.45) is 0 Å². The van der Waals surface area contributed by atoms with Crippen LogP contribution in [0.1, 0.15) is 31.5 Å². The van der Waals surface area contributed by atoms with E-state index in [2.05, 4.69) is 28.9 Å². The molecule has 1 heterocycles. The van der Waals surface area contributed by atoms with Crippen molar-refractivity contribution in [1.82, 2.24) is 14.8 Å². The second-order valence-electron chi connectivity index (χ2n) is 5.51. The second kappa shape index (κ2) is 8.63. The minimum Gasteiger partial charge on any atom is -0.345 e. The molecule has 0 aliphatic carbocycles. The van der Waals surface area contributed by atoms with E-state index in [1.165, 1.54) is 0 Å². The van der Waals surface area contributed by atoms with Crippen molar-refractivity contribution < 1.29 is 4.79 Å². The third-order valence-corrected chi connectivity index (χ3v) is 3.86. The van der Waals surface area contributed by atoms with Crippen LogP contribution in [0.4, 0.5) is 4.79 Å². The first-order valence-electron chi connectivity index (χ1n) is 8.05. The van der Waals surface area contributed by atoms with Crippen LogP contribution in [-0.2, 0) is 13.1 Å². The molecule has 23 heavy (non-hydrogen) atoms. The number of halogens is 1. The summed E-state index contributed by atoms with van der Waals surface area (Å²) in [4.78, 5) is 14.0. The summed E-state index contributed by atoms with van der Waals surface area (Å²) >= 11 is 6.06. The molecule has 1 aromatic carbocycles. The number of urea groups is 1. The number of amides is 2. The predicted octanol–water partition coefficient (Wildman–Crippen LogP) is 4.13. The van der Waals surface area contributed by atoms with Crippen molar-refractivity contribution in [2.45, 2.75) is 33.4 Å². The smallest absolute Gasteiger partial charge is 0.317 e. The largest absolute Gasteiger partial charge is 0.345 e. The molecule has 2 aromatic rings. The minimum atomic E-state index is -0.00939. The molecule has 124 valence electrons. The summed E-state index contributed by atoms with van der Waals surface area (Å²) in [6.45, 7) is 6.75. The molecule has 1 N–H and O–H groups in total. The summed E-state index contributed by atoms with van der Waals surface area (Å²) in [7, 11) is 0. The Morgan fingerprint density at radius 1 is 1.26 bits per heavy atom. The lowest BCUT2D eigenvalue weighted by Crippen LogP contribution is -2.40. The Bertz CT molecular complexity index is 639. The fourth-order valence-corrected chi connectivity index (χ4v) is 2.77. The summed E-state index contributed by atoms with van der Waals surface area (Å²) in [5.41, 5.74) is 2.26. The Morgan fingerprint density at radius 2 is 2.09 bits per heavy atom. The Balaban J connectivity index is 2.11. The summed E-state index contributed by atoms with van der Waals surface area (Å²) in [6, 6.07) is 11.9. The normalized spacial score (nSPS) is 10.6. The van der Waals surface area contributed by atoms with Crippen LogP contribution in [0.5, 0.6) is 0 Å². The van der Waals surface area contributed by atoms with Gasteiger partial charge in [-0.3, -0.25) is 0 Å². The average molecular weight is 334 g/mol. The first kappa shape index (κ1) is 17.4. The van der Waals surface area contributed by atoms with Crippen molar-refractivity contribution in [2.75, 3.05) is 13.1 Å². The fraction of sp³-hybridized carbons (Fsp3) is 0.389. The Morgan fingerprint density at radius 3 is 2.78 bits per heavy atom. The van der Waals surface area contributed by atoms with Gasteiger partial charge in [-0.2, -0.15) is 0 Å². The monoisotopic (exact) mass is 333 g/mol. The van der Waals surface area contributed by atoms with E-state index in [1.807, 2.05) is 42.3 Å². The first-order valence-corrected chi connectivity index (χ1v) is 8.43. The SMILES string of the molecule is CCCN(Cc1cccn1Cc1cccc(Cl)c1)C(=O)NCC. The van der Waals surface area contributed by atoms with Crippen molar-refractivity contribution in [3.63, 3.8) is 0 Å². The molecule has 0 saturated heterocycles. The lowest BCUT2D eigenvalue weighted by atomic mass is 10.2. The predicted molar refractivity (Wildman–Crippen MR) is 94.8 cm³/mol.